The number of hydrogen-bond acceptors (Lipinski definition) is 3. The zero-order valence-electron chi connectivity index (χ0n) is 13.5. The molecule has 1 aliphatic heterocycles. The van der Waals surface area contributed by atoms with Crippen LogP contribution in [-0.2, 0) is 17.8 Å². The van der Waals surface area contributed by atoms with Gasteiger partial charge in [-0.2, -0.15) is 0 Å². The highest BCUT2D eigenvalue weighted by atomic mass is 19.1. The molecule has 0 N–H and O–H groups in total. The van der Waals surface area contributed by atoms with E-state index in [2.05, 4.69) is 4.98 Å². The third-order valence-corrected chi connectivity index (χ3v) is 4.57. The second kappa shape index (κ2) is 6.12. The molecule has 3 aromatic rings. The van der Waals surface area contributed by atoms with Gasteiger partial charge in [-0.05, 0) is 35.4 Å². The molecular weight excluding hydrogens is 321 g/mol. The minimum absolute atomic E-state index is 0.0986. The Kier molecular flexibility index (Phi) is 3.80. The van der Waals surface area contributed by atoms with Crippen molar-refractivity contribution in [3.05, 3.63) is 64.5 Å². The first-order valence-electron chi connectivity index (χ1n) is 8.14. The topological polar surface area (TPSA) is 55.2 Å². The average molecular weight is 337 g/mol. The maximum atomic E-state index is 13.5. The van der Waals surface area contributed by atoms with Crippen molar-refractivity contribution < 1.29 is 9.18 Å². The molecule has 1 amide bonds. The smallest absolute Gasteiger partial charge is 0.261 e. The summed E-state index contributed by atoms with van der Waals surface area (Å²) in [6.07, 6.45) is 1.34. The minimum atomic E-state index is -0.304. The van der Waals surface area contributed by atoms with Gasteiger partial charge < -0.3 is 4.90 Å². The number of halogens is 1. The van der Waals surface area contributed by atoms with Gasteiger partial charge in [0.1, 0.15) is 11.6 Å². The lowest BCUT2D eigenvalue weighted by molar-refractivity contribution is -0.118. The van der Waals surface area contributed by atoms with Crippen molar-refractivity contribution in [3.63, 3.8) is 0 Å². The predicted molar refractivity (Wildman–Crippen MR) is 92.7 cm³/mol. The first-order valence-corrected chi connectivity index (χ1v) is 8.14. The molecule has 0 aliphatic carbocycles. The third-order valence-electron chi connectivity index (χ3n) is 4.57. The van der Waals surface area contributed by atoms with Gasteiger partial charge in [0.05, 0.1) is 10.9 Å². The van der Waals surface area contributed by atoms with E-state index in [4.69, 9.17) is 0 Å². The molecule has 0 bridgehead atoms. The number of carbonyl (C=O) groups excluding carboxylic acids is 1. The number of hydrogen-bond donors (Lipinski definition) is 0. The summed E-state index contributed by atoms with van der Waals surface area (Å²) in [5, 5.41) is 0.531. The molecule has 0 saturated carbocycles. The predicted octanol–water partition coefficient (Wildman–Crippen LogP) is 2.22. The van der Waals surface area contributed by atoms with Crippen molar-refractivity contribution in [2.24, 2.45) is 0 Å². The molecule has 0 unspecified atom stereocenters. The number of amides is 1. The van der Waals surface area contributed by atoms with E-state index in [1.807, 2.05) is 18.2 Å². The fourth-order valence-electron chi connectivity index (χ4n) is 3.23. The van der Waals surface area contributed by atoms with E-state index >= 15 is 0 Å². The van der Waals surface area contributed by atoms with E-state index in [9.17, 15) is 14.0 Å². The van der Waals surface area contributed by atoms with Gasteiger partial charge in [-0.1, -0.05) is 18.2 Å². The Hall–Kier alpha value is -3.02. The molecule has 0 spiro atoms. The molecule has 6 heteroatoms. The van der Waals surface area contributed by atoms with E-state index in [0.29, 0.717) is 42.8 Å². The highest BCUT2D eigenvalue weighted by Gasteiger charge is 2.17. The van der Waals surface area contributed by atoms with Crippen LogP contribution in [0.25, 0.3) is 22.0 Å². The summed E-state index contributed by atoms with van der Waals surface area (Å²) in [5.41, 5.74) is 2.05. The molecule has 126 valence electrons. The molecule has 4 rings (SSSR count). The number of aromatic nitrogens is 2. The fourth-order valence-corrected chi connectivity index (χ4v) is 3.23. The first kappa shape index (κ1) is 15.5. The minimum Gasteiger partial charge on any atom is -0.343 e. The standard InChI is InChI=1S/C19H16FN3O2/c20-15-3-1-2-13(10-15)14-4-5-16-17(11-14)21-18-6-7-22(12-24)8-9-23(18)19(16)25/h1-5,10-12H,6-9H2. The van der Waals surface area contributed by atoms with Gasteiger partial charge in [0.2, 0.25) is 6.41 Å². The average Bonchev–Trinajstić information content (AvgIpc) is 2.84. The van der Waals surface area contributed by atoms with Crippen LogP contribution in [0.4, 0.5) is 4.39 Å². The van der Waals surface area contributed by atoms with Gasteiger partial charge in [0, 0.05) is 26.1 Å². The lowest BCUT2D eigenvalue weighted by Gasteiger charge is -2.12. The second-order valence-electron chi connectivity index (χ2n) is 6.12. The number of nitrogens with zero attached hydrogens (tertiary/aromatic N) is 3. The lowest BCUT2D eigenvalue weighted by atomic mass is 10.0. The Balaban J connectivity index is 1.84. The Morgan fingerprint density at radius 1 is 1.04 bits per heavy atom. The summed E-state index contributed by atoms with van der Waals surface area (Å²) in [7, 11) is 0. The molecule has 0 atom stereocenters. The van der Waals surface area contributed by atoms with Gasteiger partial charge in [0.25, 0.3) is 5.56 Å². The molecule has 1 aromatic heterocycles. The number of carbonyl (C=O) groups is 1. The van der Waals surface area contributed by atoms with Gasteiger partial charge in [0.15, 0.2) is 0 Å². The second-order valence-corrected chi connectivity index (χ2v) is 6.12. The van der Waals surface area contributed by atoms with Crippen molar-refractivity contribution in [1.29, 1.82) is 0 Å². The summed E-state index contributed by atoms with van der Waals surface area (Å²) >= 11 is 0. The first-order chi connectivity index (χ1) is 12.2. The molecule has 2 heterocycles. The summed E-state index contributed by atoms with van der Waals surface area (Å²) in [5.74, 6) is 0.375. The molecule has 25 heavy (non-hydrogen) atoms. The van der Waals surface area contributed by atoms with E-state index < -0.39 is 0 Å². The number of benzene rings is 2. The molecule has 0 radical (unpaired) electrons. The molecule has 0 saturated heterocycles. The van der Waals surface area contributed by atoms with Gasteiger partial charge >= 0.3 is 0 Å². The van der Waals surface area contributed by atoms with Crippen LogP contribution in [0.5, 0.6) is 0 Å². The third kappa shape index (κ3) is 2.80. The van der Waals surface area contributed by atoms with Crippen molar-refractivity contribution in [3.8, 4) is 11.1 Å². The van der Waals surface area contributed by atoms with Crippen LogP contribution in [0.3, 0.4) is 0 Å². The molecule has 0 fully saturated rings. The quantitative estimate of drug-likeness (QED) is 0.674. The Bertz CT molecular complexity index is 1030. The van der Waals surface area contributed by atoms with Crippen LogP contribution in [0.2, 0.25) is 0 Å². The molecular formula is C19H16FN3O2. The van der Waals surface area contributed by atoms with Gasteiger partial charge in [-0.25, -0.2) is 9.37 Å². The zero-order chi connectivity index (χ0) is 17.4. The van der Waals surface area contributed by atoms with Crippen molar-refractivity contribution in [1.82, 2.24) is 14.5 Å². The van der Waals surface area contributed by atoms with Crippen LogP contribution in [0.15, 0.2) is 47.3 Å². The molecule has 1 aliphatic rings. The van der Waals surface area contributed by atoms with E-state index in [0.717, 1.165) is 17.5 Å². The van der Waals surface area contributed by atoms with Crippen molar-refractivity contribution in [2.45, 2.75) is 13.0 Å². The van der Waals surface area contributed by atoms with Crippen molar-refractivity contribution in [2.75, 3.05) is 13.1 Å². The van der Waals surface area contributed by atoms with E-state index in [1.54, 1.807) is 21.6 Å². The van der Waals surface area contributed by atoms with Gasteiger partial charge in [-0.3, -0.25) is 14.2 Å². The van der Waals surface area contributed by atoms with Crippen LogP contribution in [0, 0.1) is 5.82 Å². The number of rotatable bonds is 2. The maximum absolute atomic E-state index is 13.5. The van der Waals surface area contributed by atoms with Crippen LogP contribution >= 0.6 is 0 Å². The van der Waals surface area contributed by atoms with E-state index in [1.165, 1.54) is 12.1 Å². The normalized spacial score (nSPS) is 14.2. The Morgan fingerprint density at radius 2 is 1.88 bits per heavy atom. The molecule has 5 nitrogen and oxygen atoms in total. The SMILES string of the molecule is O=CN1CCc2nc3cc(-c4cccc(F)c4)ccc3c(=O)n2CC1. The summed E-state index contributed by atoms with van der Waals surface area (Å²) < 4.78 is 15.1. The van der Waals surface area contributed by atoms with Crippen molar-refractivity contribution >= 4 is 17.3 Å². The van der Waals surface area contributed by atoms with Gasteiger partial charge in [-0.15, -0.1) is 0 Å². The molecule has 2 aromatic carbocycles. The number of fused-ring (bicyclic) bond motifs is 2. The lowest BCUT2D eigenvalue weighted by Crippen LogP contribution is -2.28. The maximum Gasteiger partial charge on any atom is 0.261 e. The highest BCUT2D eigenvalue weighted by Crippen LogP contribution is 2.23. The Labute approximate surface area is 143 Å². The van der Waals surface area contributed by atoms with Crippen LogP contribution in [0.1, 0.15) is 5.82 Å². The van der Waals surface area contributed by atoms with E-state index in [-0.39, 0.29) is 11.4 Å². The van der Waals surface area contributed by atoms with Crippen LogP contribution in [-0.4, -0.2) is 34.0 Å². The summed E-state index contributed by atoms with van der Waals surface area (Å²) in [6, 6.07) is 11.7. The summed E-state index contributed by atoms with van der Waals surface area (Å²) in [6.45, 7) is 1.50. The fraction of sp³-hybridized carbons (Fsp3) is 0.211. The largest absolute Gasteiger partial charge is 0.343 e. The van der Waals surface area contributed by atoms with Crippen LogP contribution < -0.4 is 5.56 Å². The highest BCUT2D eigenvalue weighted by molar-refractivity contribution is 5.83. The Morgan fingerprint density at radius 3 is 2.68 bits per heavy atom. The monoisotopic (exact) mass is 337 g/mol. The zero-order valence-corrected chi connectivity index (χ0v) is 13.5. The summed E-state index contributed by atoms with van der Waals surface area (Å²) in [4.78, 5) is 30.1.